The first-order valence-electron chi connectivity index (χ1n) is 8.51. The van der Waals surface area contributed by atoms with Crippen LogP contribution in [-0.2, 0) is 0 Å². The van der Waals surface area contributed by atoms with E-state index in [0.29, 0.717) is 22.8 Å². The summed E-state index contributed by atoms with van der Waals surface area (Å²) >= 11 is 1.19. The van der Waals surface area contributed by atoms with Gasteiger partial charge in [-0.1, -0.05) is 36.4 Å². The zero-order valence-corrected chi connectivity index (χ0v) is 16.3. The van der Waals surface area contributed by atoms with Crippen LogP contribution in [0.2, 0.25) is 0 Å². The lowest BCUT2D eigenvalue weighted by atomic mass is 10.2. The molecule has 2 aromatic rings. The summed E-state index contributed by atoms with van der Waals surface area (Å²) in [5.41, 5.74) is 9.65. The van der Waals surface area contributed by atoms with Gasteiger partial charge in [0, 0.05) is 18.4 Å². The zero-order valence-electron chi connectivity index (χ0n) is 15.4. The maximum absolute atomic E-state index is 13.2. The predicted octanol–water partition coefficient (Wildman–Crippen LogP) is 4.91. The third-order valence-electron chi connectivity index (χ3n) is 3.57. The number of nitrogen functional groups attached to an aromatic ring is 1. The molecule has 0 aliphatic carbocycles. The summed E-state index contributed by atoms with van der Waals surface area (Å²) in [6.45, 7) is 7.50. The molecule has 0 saturated carbocycles. The fourth-order valence-corrected chi connectivity index (χ4v) is 2.97. The number of carbonyl (C=O) groups is 1. The summed E-state index contributed by atoms with van der Waals surface area (Å²) in [6, 6.07) is 14.7. The van der Waals surface area contributed by atoms with Crippen molar-refractivity contribution in [2.45, 2.75) is 0 Å². The maximum Gasteiger partial charge on any atom is 0.270 e. The van der Waals surface area contributed by atoms with Crippen molar-refractivity contribution in [3.63, 3.8) is 0 Å². The Bertz CT molecular complexity index is 931. The Kier molecular flexibility index (Phi) is 8.36. The highest BCUT2D eigenvalue weighted by Gasteiger charge is 2.18. The zero-order chi connectivity index (χ0) is 20.2. The highest BCUT2D eigenvalue weighted by atomic mass is 32.1. The molecule has 2 N–H and O–H groups in total. The Morgan fingerprint density at radius 2 is 1.96 bits per heavy atom. The summed E-state index contributed by atoms with van der Waals surface area (Å²) in [4.78, 5) is 23.2. The van der Waals surface area contributed by atoms with E-state index in [9.17, 15) is 4.79 Å². The molecule has 0 atom stereocenters. The third-order valence-corrected chi connectivity index (χ3v) is 4.42. The number of nitrogens with two attached hydrogens (primary N) is 1. The van der Waals surface area contributed by atoms with E-state index in [-0.39, 0.29) is 5.91 Å². The summed E-state index contributed by atoms with van der Waals surface area (Å²) in [7, 11) is 0. The highest BCUT2D eigenvalue weighted by molar-refractivity contribution is 7.12. The Morgan fingerprint density at radius 1 is 1.18 bits per heavy atom. The fraction of sp³-hybridized carbons (Fsp3) is 0.0455. The van der Waals surface area contributed by atoms with Crippen molar-refractivity contribution in [3.05, 3.63) is 95.6 Å². The lowest BCUT2D eigenvalue weighted by Gasteiger charge is -2.21. The van der Waals surface area contributed by atoms with Crippen LogP contribution in [0.5, 0.6) is 0 Å². The summed E-state index contributed by atoms with van der Waals surface area (Å²) < 4.78 is 0. The number of hydrogen-bond donors (Lipinski definition) is 1. The van der Waals surface area contributed by atoms with Gasteiger partial charge in [-0.05, 0) is 43.1 Å². The Morgan fingerprint density at radius 3 is 2.68 bits per heavy atom. The number of nitrogens with zero attached hydrogens (tertiary/aromatic N) is 3. The number of carbonyl (C=O) groups excluding carboxylic acids is 1. The SMILES string of the molecule is C=CCN(C(=O)c1scnc(/C=C/C=C\N=C)cccc1N)c1ccccc1. The molecule has 0 fully saturated rings. The van der Waals surface area contributed by atoms with Crippen LogP contribution < -0.4 is 10.6 Å². The second-order valence-electron chi connectivity index (χ2n) is 5.51. The molecule has 0 unspecified atom stereocenters. The van der Waals surface area contributed by atoms with Gasteiger partial charge < -0.3 is 10.6 Å². The number of para-hydroxylation sites is 1. The number of benzene rings is 1. The first-order chi connectivity index (χ1) is 13.7. The summed E-state index contributed by atoms with van der Waals surface area (Å²) in [5, 5.41) is 0. The van der Waals surface area contributed by atoms with Gasteiger partial charge in [-0.15, -0.1) is 17.9 Å². The van der Waals surface area contributed by atoms with Crippen molar-refractivity contribution in [3.8, 4) is 0 Å². The average molecular weight is 391 g/mol. The van der Waals surface area contributed by atoms with Crippen LogP contribution in [0.1, 0.15) is 15.4 Å². The standard InChI is InChI=1S/C22H22N4OS/c1-3-16-26(19-12-5-4-6-13-19)22(27)21-20(23)14-9-11-18(25-17-28-21)10-7-8-15-24-2/h3-15,17H,1-2,16,23H2/b10-7+,14-9?,15-8-,18-11?,21-20?,25-17?. The van der Waals surface area contributed by atoms with E-state index in [1.165, 1.54) is 11.3 Å². The van der Waals surface area contributed by atoms with Crippen LogP contribution in [0.3, 0.4) is 0 Å². The topological polar surface area (TPSA) is 71.6 Å². The molecule has 1 aromatic carbocycles. The third kappa shape index (κ3) is 6.03. The lowest BCUT2D eigenvalue weighted by molar-refractivity contribution is 0.0994. The molecule has 0 aliphatic rings. The quantitative estimate of drug-likeness (QED) is 0.415. The van der Waals surface area contributed by atoms with Gasteiger partial charge in [0.25, 0.3) is 5.91 Å². The maximum atomic E-state index is 13.2. The molecule has 5 nitrogen and oxygen atoms in total. The van der Waals surface area contributed by atoms with Gasteiger partial charge in [0.15, 0.2) is 0 Å². The van der Waals surface area contributed by atoms with Gasteiger partial charge >= 0.3 is 0 Å². The summed E-state index contributed by atoms with van der Waals surface area (Å²) in [5.74, 6) is -0.205. The van der Waals surface area contributed by atoms with Crippen LogP contribution in [0.4, 0.5) is 11.4 Å². The van der Waals surface area contributed by atoms with Crippen LogP contribution in [0.25, 0.3) is 6.08 Å². The number of hydrogen-bond acceptors (Lipinski definition) is 5. The van der Waals surface area contributed by atoms with E-state index in [1.54, 1.807) is 47.0 Å². The molecule has 142 valence electrons. The molecule has 1 heterocycles. The predicted molar refractivity (Wildman–Crippen MR) is 120 cm³/mol. The monoisotopic (exact) mass is 390 g/mol. The normalized spacial score (nSPS) is 10.6. The molecule has 0 aliphatic heterocycles. The largest absolute Gasteiger partial charge is 0.397 e. The van der Waals surface area contributed by atoms with Crippen molar-refractivity contribution in [1.82, 2.24) is 4.98 Å². The van der Waals surface area contributed by atoms with E-state index in [1.807, 2.05) is 42.5 Å². The molecule has 1 amide bonds. The lowest BCUT2D eigenvalue weighted by Crippen LogP contribution is -2.31. The second kappa shape index (κ2) is 11.3. The van der Waals surface area contributed by atoms with E-state index < -0.39 is 0 Å². The van der Waals surface area contributed by atoms with Crippen LogP contribution in [-0.4, -0.2) is 24.2 Å². The molecule has 0 bridgehead atoms. The van der Waals surface area contributed by atoms with Gasteiger partial charge in [0.2, 0.25) is 0 Å². The molecular formula is C22H22N4OS. The van der Waals surface area contributed by atoms with Crippen molar-refractivity contribution in [2.75, 3.05) is 17.2 Å². The minimum Gasteiger partial charge on any atom is -0.397 e. The van der Waals surface area contributed by atoms with Gasteiger partial charge in [-0.2, -0.15) is 0 Å². The van der Waals surface area contributed by atoms with Gasteiger partial charge in [0.1, 0.15) is 4.88 Å². The van der Waals surface area contributed by atoms with Crippen LogP contribution in [0.15, 0.2) is 90.0 Å². The first-order valence-corrected chi connectivity index (χ1v) is 9.39. The molecule has 0 saturated heterocycles. The van der Waals surface area contributed by atoms with Crippen molar-refractivity contribution >= 4 is 41.4 Å². The highest BCUT2D eigenvalue weighted by Crippen LogP contribution is 2.21. The van der Waals surface area contributed by atoms with Crippen LogP contribution >= 0.6 is 11.3 Å². The van der Waals surface area contributed by atoms with Gasteiger partial charge in [-0.25, -0.2) is 4.98 Å². The van der Waals surface area contributed by atoms with Crippen molar-refractivity contribution < 1.29 is 4.79 Å². The molecular weight excluding hydrogens is 368 g/mol. The van der Waals surface area contributed by atoms with E-state index >= 15 is 0 Å². The molecule has 0 spiro atoms. The van der Waals surface area contributed by atoms with Gasteiger partial charge in [0.05, 0.1) is 16.9 Å². The smallest absolute Gasteiger partial charge is 0.270 e. The number of rotatable bonds is 7. The minimum atomic E-state index is -0.205. The molecule has 0 radical (unpaired) electrons. The Labute approximate surface area is 169 Å². The number of allylic oxidation sites excluding steroid dienone is 2. The minimum absolute atomic E-state index is 0.205. The summed E-state index contributed by atoms with van der Waals surface area (Å²) in [6.07, 6.45) is 8.63. The number of anilines is 2. The Hall–Kier alpha value is -3.51. The number of aromatic nitrogens is 1. The fourth-order valence-electron chi connectivity index (χ4n) is 2.28. The van der Waals surface area contributed by atoms with E-state index in [0.717, 1.165) is 5.69 Å². The molecule has 1 aromatic heterocycles. The Balaban J connectivity index is 2.42. The average Bonchev–Trinajstić information content (AvgIpc) is 2.80. The van der Waals surface area contributed by atoms with Gasteiger partial charge in [-0.3, -0.25) is 9.79 Å². The van der Waals surface area contributed by atoms with Crippen molar-refractivity contribution in [1.29, 1.82) is 0 Å². The number of aliphatic imine (C=N–C) groups is 1. The molecule has 2 rings (SSSR count). The second-order valence-corrected chi connectivity index (χ2v) is 6.37. The first kappa shape index (κ1) is 20.8. The van der Waals surface area contributed by atoms with Crippen molar-refractivity contribution in [2.24, 2.45) is 4.99 Å². The molecule has 6 heteroatoms. The molecule has 28 heavy (non-hydrogen) atoms. The number of amides is 1. The van der Waals surface area contributed by atoms with E-state index in [4.69, 9.17) is 5.73 Å². The van der Waals surface area contributed by atoms with E-state index in [2.05, 4.69) is 23.3 Å². The van der Waals surface area contributed by atoms with Crippen LogP contribution in [0, 0.1) is 0 Å².